The fourth-order valence-electron chi connectivity index (χ4n) is 3.32. The van der Waals surface area contributed by atoms with E-state index in [-0.39, 0.29) is 0 Å². The SMILES string of the molecule is C=C(/C(I)=C/F)[Si](C(C)C)(C(C)C)C(C)C. The summed E-state index contributed by atoms with van der Waals surface area (Å²) in [5, 5.41) is 1.08. The van der Waals surface area contributed by atoms with Gasteiger partial charge >= 0.3 is 0 Å². The quantitative estimate of drug-likeness (QED) is 0.322. The van der Waals surface area contributed by atoms with Gasteiger partial charge in [0.05, 0.1) is 14.4 Å². The summed E-state index contributed by atoms with van der Waals surface area (Å²) in [5.74, 6) is 0. The van der Waals surface area contributed by atoms with Gasteiger partial charge in [0.1, 0.15) is 0 Å². The van der Waals surface area contributed by atoms with Crippen molar-refractivity contribution >= 4 is 30.7 Å². The van der Waals surface area contributed by atoms with Crippen LogP contribution in [0.2, 0.25) is 16.6 Å². The highest BCUT2D eigenvalue weighted by molar-refractivity contribution is 14.1. The van der Waals surface area contributed by atoms with Gasteiger partial charge in [-0.15, -0.1) is 0 Å². The zero-order valence-electron chi connectivity index (χ0n) is 11.3. The minimum Gasteiger partial charge on any atom is -0.214 e. The van der Waals surface area contributed by atoms with Crippen molar-refractivity contribution in [3.8, 4) is 0 Å². The van der Waals surface area contributed by atoms with Crippen LogP contribution in [0.15, 0.2) is 21.7 Å². The second-order valence-corrected chi connectivity index (χ2v) is 12.4. The van der Waals surface area contributed by atoms with E-state index in [4.69, 9.17) is 0 Å². The van der Waals surface area contributed by atoms with Gasteiger partial charge in [0.2, 0.25) is 0 Å². The molecule has 0 saturated carbocycles. The molecule has 0 unspecified atom stereocenters. The van der Waals surface area contributed by atoms with Crippen molar-refractivity contribution in [1.29, 1.82) is 0 Å². The maximum Gasteiger partial charge on any atom is 0.0998 e. The topological polar surface area (TPSA) is 0 Å². The van der Waals surface area contributed by atoms with Crippen LogP contribution in [0.1, 0.15) is 41.5 Å². The summed E-state index contributed by atoms with van der Waals surface area (Å²) >= 11 is 2.08. The summed E-state index contributed by atoms with van der Waals surface area (Å²) in [4.78, 5) is 0. The van der Waals surface area contributed by atoms with Gasteiger partial charge in [-0.2, -0.15) is 0 Å². The molecule has 0 rings (SSSR count). The van der Waals surface area contributed by atoms with E-state index < -0.39 is 8.07 Å². The van der Waals surface area contributed by atoms with Crippen molar-refractivity contribution in [3.05, 3.63) is 21.7 Å². The Morgan fingerprint density at radius 2 is 1.38 bits per heavy atom. The molecule has 3 heteroatoms. The molecule has 0 bridgehead atoms. The molecule has 94 valence electrons. The third kappa shape index (κ3) is 2.78. The van der Waals surface area contributed by atoms with Crippen molar-refractivity contribution in [1.82, 2.24) is 0 Å². The lowest BCUT2D eigenvalue weighted by molar-refractivity contribution is 0.719. The van der Waals surface area contributed by atoms with Crippen LogP contribution < -0.4 is 0 Å². The average Bonchev–Trinajstić information content (AvgIpc) is 2.15. The van der Waals surface area contributed by atoms with Gasteiger partial charge in [-0.05, 0) is 39.2 Å². The van der Waals surface area contributed by atoms with E-state index in [0.29, 0.717) is 26.5 Å². The second kappa shape index (κ2) is 6.33. The third-order valence-electron chi connectivity index (χ3n) is 3.77. The standard InChI is InChI=1S/C13H24FISi/c1-9(2)16(10(3)4,11(5)6)12(7)13(15)8-14/h8-11H,7H2,1-6H3/b13-8-. The van der Waals surface area contributed by atoms with Crippen LogP contribution in [0.3, 0.4) is 0 Å². The summed E-state index contributed by atoms with van der Waals surface area (Å²) in [5.41, 5.74) is 1.76. The first-order chi connectivity index (χ1) is 7.22. The van der Waals surface area contributed by atoms with E-state index in [9.17, 15) is 4.39 Å². The Kier molecular flexibility index (Phi) is 6.47. The minimum atomic E-state index is -1.73. The van der Waals surface area contributed by atoms with E-state index in [1.54, 1.807) is 0 Å². The molecule has 0 saturated heterocycles. The maximum absolute atomic E-state index is 12.7. The molecule has 16 heavy (non-hydrogen) atoms. The summed E-state index contributed by atoms with van der Waals surface area (Å²) in [6.45, 7) is 17.8. The Hall–Kier alpha value is 0.357. The monoisotopic (exact) mass is 354 g/mol. The van der Waals surface area contributed by atoms with Crippen LogP contribution in [0.4, 0.5) is 4.39 Å². The normalized spacial score (nSPS) is 14.1. The summed E-state index contributed by atoms with van der Waals surface area (Å²) in [7, 11) is -1.73. The predicted octanol–water partition coefficient (Wildman–Crippen LogP) is 6.01. The van der Waals surface area contributed by atoms with Gasteiger partial charge in [-0.25, -0.2) is 4.39 Å². The van der Waals surface area contributed by atoms with Crippen molar-refractivity contribution in [2.24, 2.45) is 0 Å². The number of allylic oxidation sites excluding steroid dienone is 2. The molecular weight excluding hydrogens is 330 g/mol. The maximum atomic E-state index is 12.7. The van der Waals surface area contributed by atoms with E-state index in [1.165, 1.54) is 0 Å². The molecule has 0 aromatic rings. The molecule has 0 aliphatic heterocycles. The van der Waals surface area contributed by atoms with Gasteiger partial charge in [-0.1, -0.05) is 53.3 Å². The Labute approximate surface area is 115 Å². The lowest BCUT2D eigenvalue weighted by Gasteiger charge is -2.44. The molecule has 0 amide bonds. The molecule has 0 radical (unpaired) electrons. The minimum absolute atomic E-state index is 0.588. The third-order valence-corrected chi connectivity index (χ3v) is 12.2. The highest BCUT2D eigenvalue weighted by Crippen LogP contribution is 2.48. The van der Waals surface area contributed by atoms with Crippen LogP contribution >= 0.6 is 22.6 Å². The first-order valence-electron chi connectivity index (χ1n) is 5.88. The van der Waals surface area contributed by atoms with Gasteiger partial charge in [-0.3, -0.25) is 0 Å². The van der Waals surface area contributed by atoms with Gasteiger partial charge in [0.25, 0.3) is 0 Å². The molecule has 0 spiro atoms. The van der Waals surface area contributed by atoms with Crippen molar-refractivity contribution < 1.29 is 4.39 Å². The van der Waals surface area contributed by atoms with Gasteiger partial charge < -0.3 is 0 Å². The highest BCUT2D eigenvalue weighted by atomic mass is 127. The summed E-state index contributed by atoms with van der Waals surface area (Å²) in [6, 6.07) is 0. The van der Waals surface area contributed by atoms with E-state index >= 15 is 0 Å². The molecule has 0 atom stereocenters. The van der Waals surface area contributed by atoms with E-state index in [0.717, 1.165) is 5.20 Å². The Morgan fingerprint density at radius 3 is 1.56 bits per heavy atom. The number of hydrogen-bond donors (Lipinski definition) is 0. The van der Waals surface area contributed by atoms with Gasteiger partial charge in [0.15, 0.2) is 0 Å². The highest BCUT2D eigenvalue weighted by Gasteiger charge is 2.45. The van der Waals surface area contributed by atoms with Gasteiger partial charge in [0, 0.05) is 3.58 Å². The number of rotatable bonds is 5. The molecular formula is C13H24FISi. The van der Waals surface area contributed by atoms with Crippen LogP contribution in [0.5, 0.6) is 0 Å². The fraction of sp³-hybridized carbons (Fsp3) is 0.692. The summed E-state index contributed by atoms with van der Waals surface area (Å²) < 4.78 is 13.5. The molecule has 0 aliphatic carbocycles. The van der Waals surface area contributed by atoms with Crippen LogP contribution in [-0.4, -0.2) is 8.07 Å². The lowest BCUT2D eigenvalue weighted by atomic mass is 10.5. The fourth-order valence-corrected chi connectivity index (χ4v) is 11.3. The Bertz CT molecular complexity index is 258. The lowest BCUT2D eigenvalue weighted by Crippen LogP contribution is -2.46. The molecule has 0 heterocycles. The predicted molar refractivity (Wildman–Crippen MR) is 83.4 cm³/mol. The van der Waals surface area contributed by atoms with E-state index in [2.05, 4.69) is 70.7 Å². The molecule has 0 aromatic carbocycles. The average molecular weight is 354 g/mol. The zero-order valence-corrected chi connectivity index (χ0v) is 14.4. The second-order valence-electron chi connectivity index (χ2n) is 5.33. The molecule has 0 aliphatic rings. The first kappa shape index (κ1) is 16.4. The van der Waals surface area contributed by atoms with Crippen LogP contribution in [0.25, 0.3) is 0 Å². The van der Waals surface area contributed by atoms with E-state index in [1.807, 2.05) is 0 Å². The Morgan fingerprint density at radius 1 is 1.06 bits per heavy atom. The first-order valence-corrected chi connectivity index (χ1v) is 9.19. The number of halogens is 2. The largest absolute Gasteiger partial charge is 0.214 e. The smallest absolute Gasteiger partial charge is 0.0998 e. The molecule has 0 aromatic heterocycles. The molecule has 0 N–H and O–H groups in total. The summed E-state index contributed by atoms with van der Waals surface area (Å²) in [6.07, 6.45) is 0.706. The van der Waals surface area contributed by atoms with Crippen molar-refractivity contribution in [2.45, 2.75) is 58.2 Å². The zero-order chi connectivity index (χ0) is 13.1. The number of hydrogen-bond acceptors (Lipinski definition) is 0. The van der Waals surface area contributed by atoms with Crippen LogP contribution in [0, 0.1) is 0 Å². The van der Waals surface area contributed by atoms with Crippen molar-refractivity contribution in [3.63, 3.8) is 0 Å². The van der Waals surface area contributed by atoms with Crippen molar-refractivity contribution in [2.75, 3.05) is 0 Å². The molecule has 0 nitrogen and oxygen atoms in total. The van der Waals surface area contributed by atoms with Crippen LogP contribution in [-0.2, 0) is 0 Å². The Balaban J connectivity index is 5.63. The molecule has 0 fully saturated rings.